The Labute approximate surface area is 125 Å². The van der Waals surface area contributed by atoms with Crippen LogP contribution in [0.1, 0.15) is 19.3 Å². The highest BCUT2D eigenvalue weighted by atomic mass is 79.9. The lowest BCUT2D eigenvalue weighted by Gasteiger charge is -2.05. The number of halogens is 1. The van der Waals surface area contributed by atoms with E-state index in [2.05, 4.69) is 25.9 Å². The number of hydrogen-bond donors (Lipinski definition) is 1. The molecule has 3 rings (SSSR count). The molecule has 2 aromatic rings. The zero-order valence-electron chi connectivity index (χ0n) is 10.6. The molecule has 0 spiro atoms. The predicted octanol–water partition coefficient (Wildman–Crippen LogP) is 3.67. The Hall–Kier alpha value is -0.720. The Bertz CT molecular complexity index is 632. The second kappa shape index (κ2) is 5.73. The highest BCUT2D eigenvalue weighted by Gasteiger charge is 2.20. The van der Waals surface area contributed by atoms with Crippen LogP contribution in [-0.4, -0.2) is 27.7 Å². The molecule has 1 fully saturated rings. The van der Waals surface area contributed by atoms with Crippen molar-refractivity contribution in [2.75, 3.05) is 13.2 Å². The molecule has 1 aliphatic rings. The molecule has 19 heavy (non-hydrogen) atoms. The van der Waals surface area contributed by atoms with Gasteiger partial charge in [-0.05, 0) is 59.4 Å². The van der Waals surface area contributed by atoms with Gasteiger partial charge in [-0.3, -0.25) is 0 Å². The summed E-state index contributed by atoms with van der Waals surface area (Å²) in [6, 6.07) is 2.00. The van der Waals surface area contributed by atoms with Crippen molar-refractivity contribution in [1.82, 2.24) is 14.5 Å². The topological polar surface area (TPSA) is 42.8 Å². The Balaban J connectivity index is 1.62. The number of aromatic nitrogens is 3. The quantitative estimate of drug-likeness (QED) is 0.643. The summed E-state index contributed by atoms with van der Waals surface area (Å²) in [7, 11) is 0. The second-order valence-corrected chi connectivity index (χ2v) is 6.28. The number of aromatic amines is 1. The van der Waals surface area contributed by atoms with Crippen LogP contribution in [0.15, 0.2) is 16.7 Å². The standard InChI is InChI=1S/C13H16BrN3OS/c14-10-6-11-12(15-7-10)17(13(19)16-11)4-1-5-18-8-9-2-3-9/h6-7,9H,1-5,8H2,(H,16,19). The number of pyridine rings is 1. The molecule has 2 aromatic heterocycles. The van der Waals surface area contributed by atoms with Crippen LogP contribution in [0.4, 0.5) is 0 Å². The molecule has 6 heteroatoms. The van der Waals surface area contributed by atoms with Crippen molar-refractivity contribution in [2.45, 2.75) is 25.8 Å². The molecule has 0 radical (unpaired) electrons. The normalized spacial score (nSPS) is 15.2. The van der Waals surface area contributed by atoms with Gasteiger partial charge in [0.25, 0.3) is 0 Å². The van der Waals surface area contributed by atoms with Gasteiger partial charge >= 0.3 is 0 Å². The predicted molar refractivity (Wildman–Crippen MR) is 80.8 cm³/mol. The smallest absolute Gasteiger partial charge is 0.179 e. The number of H-pyrrole nitrogens is 1. The molecule has 1 aliphatic carbocycles. The van der Waals surface area contributed by atoms with Crippen LogP contribution in [0.2, 0.25) is 0 Å². The van der Waals surface area contributed by atoms with E-state index in [1.165, 1.54) is 12.8 Å². The molecule has 0 atom stereocenters. The molecule has 0 amide bonds. The van der Waals surface area contributed by atoms with Gasteiger partial charge in [-0.15, -0.1) is 0 Å². The van der Waals surface area contributed by atoms with E-state index in [9.17, 15) is 0 Å². The lowest BCUT2D eigenvalue weighted by molar-refractivity contribution is 0.119. The molecule has 0 unspecified atom stereocenters. The summed E-state index contributed by atoms with van der Waals surface area (Å²) in [6.07, 6.45) is 5.44. The third-order valence-electron chi connectivity index (χ3n) is 3.30. The highest BCUT2D eigenvalue weighted by molar-refractivity contribution is 9.10. The maximum atomic E-state index is 5.64. The minimum absolute atomic E-state index is 0.725. The maximum Gasteiger partial charge on any atom is 0.179 e. The lowest BCUT2D eigenvalue weighted by atomic mass is 10.4. The van der Waals surface area contributed by atoms with Gasteiger partial charge in [0.05, 0.1) is 5.52 Å². The van der Waals surface area contributed by atoms with Gasteiger partial charge in [-0.25, -0.2) is 4.98 Å². The van der Waals surface area contributed by atoms with E-state index >= 15 is 0 Å². The number of imidazole rings is 1. The molecule has 0 aliphatic heterocycles. The summed E-state index contributed by atoms with van der Waals surface area (Å²) in [6.45, 7) is 2.56. The maximum absolute atomic E-state index is 5.64. The third kappa shape index (κ3) is 3.24. The van der Waals surface area contributed by atoms with Gasteiger partial charge in [-0.1, -0.05) is 0 Å². The molecule has 102 valence electrons. The Morgan fingerprint density at radius 2 is 2.37 bits per heavy atom. The zero-order valence-corrected chi connectivity index (χ0v) is 13.0. The van der Waals surface area contributed by atoms with Gasteiger partial charge in [0.15, 0.2) is 10.4 Å². The van der Waals surface area contributed by atoms with Gasteiger partial charge < -0.3 is 14.3 Å². The van der Waals surface area contributed by atoms with E-state index in [0.29, 0.717) is 0 Å². The number of rotatable bonds is 6. The van der Waals surface area contributed by atoms with E-state index in [1.54, 1.807) is 6.20 Å². The van der Waals surface area contributed by atoms with Crippen LogP contribution in [0, 0.1) is 10.7 Å². The van der Waals surface area contributed by atoms with Crippen LogP contribution >= 0.6 is 28.1 Å². The Morgan fingerprint density at radius 1 is 1.53 bits per heavy atom. The summed E-state index contributed by atoms with van der Waals surface area (Å²) < 4.78 is 9.36. The van der Waals surface area contributed by atoms with E-state index in [0.717, 1.165) is 52.5 Å². The van der Waals surface area contributed by atoms with Gasteiger partial charge in [0, 0.05) is 30.4 Å². The van der Waals surface area contributed by atoms with Crippen molar-refractivity contribution in [3.63, 3.8) is 0 Å². The Morgan fingerprint density at radius 3 is 3.16 bits per heavy atom. The molecule has 1 saturated carbocycles. The molecular weight excluding hydrogens is 326 g/mol. The number of ether oxygens (including phenoxy) is 1. The minimum Gasteiger partial charge on any atom is -0.381 e. The summed E-state index contributed by atoms with van der Waals surface area (Å²) in [5, 5.41) is 0. The fraction of sp³-hybridized carbons (Fsp3) is 0.538. The molecule has 0 saturated heterocycles. The molecule has 0 aromatic carbocycles. The van der Waals surface area contributed by atoms with Crippen molar-refractivity contribution in [3.8, 4) is 0 Å². The first-order valence-corrected chi connectivity index (χ1v) is 7.76. The first-order chi connectivity index (χ1) is 9.24. The van der Waals surface area contributed by atoms with Crippen molar-refractivity contribution < 1.29 is 4.74 Å². The number of nitrogens with zero attached hydrogens (tertiary/aromatic N) is 2. The fourth-order valence-electron chi connectivity index (χ4n) is 2.08. The van der Waals surface area contributed by atoms with E-state index in [4.69, 9.17) is 17.0 Å². The highest BCUT2D eigenvalue weighted by Crippen LogP contribution is 2.28. The monoisotopic (exact) mass is 341 g/mol. The SMILES string of the molecule is S=c1[nH]c2cc(Br)cnc2n1CCCOCC1CC1. The van der Waals surface area contributed by atoms with E-state index < -0.39 is 0 Å². The molecule has 2 heterocycles. The number of hydrogen-bond acceptors (Lipinski definition) is 3. The van der Waals surface area contributed by atoms with E-state index in [1.807, 2.05) is 10.6 Å². The van der Waals surface area contributed by atoms with Crippen LogP contribution < -0.4 is 0 Å². The van der Waals surface area contributed by atoms with Gasteiger partial charge in [0.1, 0.15) is 0 Å². The number of fused-ring (bicyclic) bond motifs is 1. The van der Waals surface area contributed by atoms with E-state index in [-0.39, 0.29) is 0 Å². The summed E-state index contributed by atoms with van der Waals surface area (Å²) in [4.78, 5) is 7.60. The fourth-order valence-corrected chi connectivity index (χ4v) is 2.70. The van der Waals surface area contributed by atoms with Crippen molar-refractivity contribution in [2.24, 2.45) is 5.92 Å². The van der Waals surface area contributed by atoms with Crippen LogP contribution in [0.5, 0.6) is 0 Å². The first-order valence-electron chi connectivity index (χ1n) is 6.56. The van der Waals surface area contributed by atoms with Gasteiger partial charge in [-0.2, -0.15) is 0 Å². The molecule has 0 bridgehead atoms. The number of nitrogens with one attached hydrogen (secondary N) is 1. The van der Waals surface area contributed by atoms with Crippen LogP contribution in [0.25, 0.3) is 11.2 Å². The number of aryl methyl sites for hydroxylation is 1. The average molecular weight is 342 g/mol. The summed E-state index contributed by atoms with van der Waals surface area (Å²) in [5.41, 5.74) is 1.88. The first kappa shape index (κ1) is 13.3. The lowest BCUT2D eigenvalue weighted by Crippen LogP contribution is -2.05. The summed E-state index contributed by atoms with van der Waals surface area (Å²) >= 11 is 8.75. The van der Waals surface area contributed by atoms with Crippen LogP contribution in [-0.2, 0) is 11.3 Å². The summed E-state index contributed by atoms with van der Waals surface area (Å²) in [5.74, 6) is 0.828. The zero-order chi connectivity index (χ0) is 13.2. The second-order valence-electron chi connectivity index (χ2n) is 4.98. The molecule has 1 N–H and O–H groups in total. The third-order valence-corrected chi connectivity index (χ3v) is 4.05. The molecular formula is C13H16BrN3OS. The van der Waals surface area contributed by atoms with Gasteiger partial charge in [0.2, 0.25) is 0 Å². The largest absolute Gasteiger partial charge is 0.381 e. The minimum atomic E-state index is 0.725. The Kier molecular flexibility index (Phi) is 4.00. The molecule has 4 nitrogen and oxygen atoms in total. The van der Waals surface area contributed by atoms with Crippen molar-refractivity contribution in [1.29, 1.82) is 0 Å². The van der Waals surface area contributed by atoms with Crippen molar-refractivity contribution >= 4 is 39.3 Å². The van der Waals surface area contributed by atoms with Crippen molar-refractivity contribution in [3.05, 3.63) is 21.5 Å². The van der Waals surface area contributed by atoms with Crippen LogP contribution in [0.3, 0.4) is 0 Å². The average Bonchev–Trinajstić information content (AvgIpc) is 3.14.